The van der Waals surface area contributed by atoms with Crippen LogP contribution in [0.25, 0.3) is 11.6 Å². The van der Waals surface area contributed by atoms with Gasteiger partial charge in [0, 0.05) is 49.2 Å². The highest BCUT2D eigenvalue weighted by Gasteiger charge is 2.25. The first-order valence-electron chi connectivity index (χ1n) is 9.55. The van der Waals surface area contributed by atoms with Crippen molar-refractivity contribution >= 4 is 35.1 Å². The Bertz CT molecular complexity index is 1000. The number of nitrogens with zero attached hydrogens (tertiary/aromatic N) is 4. The number of amides is 1. The highest BCUT2D eigenvalue weighted by molar-refractivity contribution is 6.33. The quantitative estimate of drug-likeness (QED) is 0.486. The molecule has 1 fully saturated rings. The number of carbonyl (C=O) groups is 1. The van der Waals surface area contributed by atoms with E-state index in [4.69, 9.17) is 11.6 Å². The Hall–Kier alpha value is -3.18. The molecule has 6 heteroatoms. The van der Waals surface area contributed by atoms with Crippen LogP contribution in [0.5, 0.6) is 0 Å². The molecule has 29 heavy (non-hydrogen) atoms. The molecule has 0 radical (unpaired) electrons. The summed E-state index contributed by atoms with van der Waals surface area (Å²) in [5, 5.41) is 0.625. The Balaban J connectivity index is 1.57. The molecule has 4 rings (SSSR count). The van der Waals surface area contributed by atoms with Crippen molar-refractivity contribution in [2.45, 2.75) is 0 Å². The highest BCUT2D eigenvalue weighted by Crippen LogP contribution is 2.25. The molecule has 0 saturated carbocycles. The lowest BCUT2D eigenvalue weighted by Crippen LogP contribution is -2.49. The summed E-state index contributed by atoms with van der Waals surface area (Å²) < 4.78 is 0. The maximum Gasteiger partial charge on any atom is 0.254 e. The Kier molecular flexibility index (Phi) is 5.86. The third-order valence-electron chi connectivity index (χ3n) is 4.92. The average molecular weight is 405 g/mol. The van der Waals surface area contributed by atoms with Gasteiger partial charge in [-0.1, -0.05) is 60.1 Å². The third kappa shape index (κ3) is 4.46. The monoisotopic (exact) mass is 404 g/mol. The summed E-state index contributed by atoms with van der Waals surface area (Å²) in [6.45, 7) is 2.63. The van der Waals surface area contributed by atoms with Crippen molar-refractivity contribution in [1.82, 2.24) is 14.9 Å². The highest BCUT2D eigenvalue weighted by atomic mass is 35.5. The molecule has 2 aromatic carbocycles. The van der Waals surface area contributed by atoms with E-state index in [2.05, 4.69) is 14.9 Å². The minimum absolute atomic E-state index is 0.00440. The molecule has 0 spiro atoms. The molecular formula is C23H21ClN4O. The summed E-state index contributed by atoms with van der Waals surface area (Å²) >= 11 is 6.34. The van der Waals surface area contributed by atoms with Gasteiger partial charge in [-0.05, 0) is 29.3 Å². The van der Waals surface area contributed by atoms with Gasteiger partial charge in [0.15, 0.2) is 0 Å². The van der Waals surface area contributed by atoms with Gasteiger partial charge in [-0.3, -0.25) is 4.79 Å². The molecule has 0 atom stereocenters. The Morgan fingerprint density at radius 1 is 0.862 bits per heavy atom. The second-order valence-electron chi connectivity index (χ2n) is 6.77. The lowest BCUT2D eigenvalue weighted by atomic mass is 10.0. The van der Waals surface area contributed by atoms with E-state index >= 15 is 0 Å². The van der Waals surface area contributed by atoms with E-state index in [9.17, 15) is 4.79 Å². The SMILES string of the molecule is O=C(/C(=C/c1ccccc1Cl)c1ccccc1)N1CCN(c2ncccn2)CC1. The first-order valence-corrected chi connectivity index (χ1v) is 9.93. The van der Waals surface area contributed by atoms with Gasteiger partial charge in [0.25, 0.3) is 5.91 Å². The minimum atomic E-state index is 0.00440. The van der Waals surface area contributed by atoms with E-state index in [0.29, 0.717) is 42.7 Å². The number of piperazine rings is 1. The predicted molar refractivity (Wildman–Crippen MR) is 117 cm³/mol. The number of rotatable bonds is 4. The summed E-state index contributed by atoms with van der Waals surface area (Å²) in [6, 6.07) is 19.1. The van der Waals surface area contributed by atoms with Crippen LogP contribution in [0.15, 0.2) is 73.1 Å². The van der Waals surface area contributed by atoms with Crippen LogP contribution in [0.1, 0.15) is 11.1 Å². The van der Waals surface area contributed by atoms with Crippen LogP contribution in [-0.4, -0.2) is 47.0 Å². The van der Waals surface area contributed by atoms with Crippen LogP contribution in [0, 0.1) is 0 Å². The Morgan fingerprint density at radius 2 is 1.52 bits per heavy atom. The van der Waals surface area contributed by atoms with Crippen LogP contribution in [0.2, 0.25) is 5.02 Å². The van der Waals surface area contributed by atoms with Crippen LogP contribution < -0.4 is 4.90 Å². The topological polar surface area (TPSA) is 49.3 Å². The van der Waals surface area contributed by atoms with Gasteiger partial charge in [-0.2, -0.15) is 0 Å². The van der Waals surface area contributed by atoms with Gasteiger partial charge < -0.3 is 9.80 Å². The molecule has 0 unspecified atom stereocenters. The zero-order chi connectivity index (χ0) is 20.1. The van der Waals surface area contributed by atoms with Gasteiger partial charge >= 0.3 is 0 Å². The molecule has 2 heterocycles. The van der Waals surface area contributed by atoms with Gasteiger partial charge in [-0.15, -0.1) is 0 Å². The largest absolute Gasteiger partial charge is 0.337 e. The first-order chi connectivity index (χ1) is 14.2. The molecule has 1 aliphatic heterocycles. The smallest absolute Gasteiger partial charge is 0.254 e. The standard InChI is InChI=1S/C23H21ClN4O/c24-21-10-5-4-9-19(21)17-20(18-7-2-1-3-8-18)22(29)27-13-15-28(16-14-27)23-25-11-6-12-26-23/h1-12,17H,13-16H2/b20-17+. The summed E-state index contributed by atoms with van der Waals surface area (Å²) in [7, 11) is 0. The van der Waals surface area contributed by atoms with Gasteiger partial charge in [0.05, 0.1) is 0 Å². The molecule has 0 N–H and O–H groups in total. The summed E-state index contributed by atoms with van der Waals surface area (Å²) in [5.41, 5.74) is 2.35. The fourth-order valence-corrected chi connectivity index (χ4v) is 3.56. The fraction of sp³-hybridized carbons (Fsp3) is 0.174. The number of halogens is 1. The van der Waals surface area contributed by atoms with E-state index in [0.717, 1.165) is 11.1 Å². The predicted octanol–water partition coefficient (Wildman–Crippen LogP) is 4.02. The van der Waals surface area contributed by atoms with Gasteiger partial charge in [0.2, 0.25) is 5.95 Å². The number of hydrogen-bond donors (Lipinski definition) is 0. The summed E-state index contributed by atoms with van der Waals surface area (Å²) in [4.78, 5) is 26.0. The number of carbonyl (C=O) groups excluding carboxylic acids is 1. The van der Waals surface area contributed by atoms with Gasteiger partial charge in [-0.25, -0.2) is 9.97 Å². The van der Waals surface area contributed by atoms with Crippen LogP contribution in [0.4, 0.5) is 5.95 Å². The molecule has 146 valence electrons. The Labute approximate surface area is 175 Å². The third-order valence-corrected chi connectivity index (χ3v) is 5.27. The van der Waals surface area contributed by atoms with E-state index < -0.39 is 0 Å². The van der Waals surface area contributed by atoms with Crippen molar-refractivity contribution in [3.8, 4) is 0 Å². The van der Waals surface area contributed by atoms with E-state index in [1.165, 1.54) is 0 Å². The second-order valence-corrected chi connectivity index (χ2v) is 7.18. The normalized spacial score (nSPS) is 14.7. The van der Waals surface area contributed by atoms with Crippen molar-refractivity contribution in [3.05, 3.63) is 89.2 Å². The molecule has 0 aliphatic carbocycles. The first kappa shape index (κ1) is 19.2. The fourth-order valence-electron chi connectivity index (χ4n) is 3.37. The molecule has 3 aromatic rings. The van der Waals surface area contributed by atoms with Crippen molar-refractivity contribution in [2.75, 3.05) is 31.1 Å². The molecule has 1 aromatic heterocycles. The zero-order valence-corrected chi connectivity index (χ0v) is 16.7. The average Bonchev–Trinajstić information content (AvgIpc) is 2.79. The summed E-state index contributed by atoms with van der Waals surface area (Å²) in [6.07, 6.45) is 5.35. The lowest BCUT2D eigenvalue weighted by molar-refractivity contribution is -0.125. The second kappa shape index (κ2) is 8.88. The Morgan fingerprint density at radius 3 is 2.21 bits per heavy atom. The van der Waals surface area contributed by atoms with Crippen LogP contribution in [-0.2, 0) is 4.79 Å². The molecule has 1 aliphatic rings. The van der Waals surface area contributed by atoms with E-state index in [-0.39, 0.29) is 5.91 Å². The minimum Gasteiger partial charge on any atom is -0.337 e. The van der Waals surface area contributed by atoms with Crippen LogP contribution in [0.3, 0.4) is 0 Å². The van der Waals surface area contributed by atoms with Crippen molar-refractivity contribution in [3.63, 3.8) is 0 Å². The number of benzene rings is 2. The maximum atomic E-state index is 13.4. The molecule has 1 saturated heterocycles. The maximum absolute atomic E-state index is 13.4. The van der Waals surface area contributed by atoms with Crippen molar-refractivity contribution in [2.24, 2.45) is 0 Å². The number of hydrogen-bond acceptors (Lipinski definition) is 4. The molecular weight excluding hydrogens is 384 g/mol. The lowest BCUT2D eigenvalue weighted by Gasteiger charge is -2.35. The molecule has 1 amide bonds. The zero-order valence-electron chi connectivity index (χ0n) is 15.9. The number of anilines is 1. The summed E-state index contributed by atoms with van der Waals surface area (Å²) in [5.74, 6) is 0.708. The van der Waals surface area contributed by atoms with Crippen LogP contribution >= 0.6 is 11.6 Å². The van der Waals surface area contributed by atoms with E-state index in [1.807, 2.05) is 65.6 Å². The van der Waals surface area contributed by atoms with Gasteiger partial charge in [0.1, 0.15) is 0 Å². The van der Waals surface area contributed by atoms with Crippen molar-refractivity contribution in [1.29, 1.82) is 0 Å². The molecule has 5 nitrogen and oxygen atoms in total. The van der Waals surface area contributed by atoms with Crippen molar-refractivity contribution < 1.29 is 4.79 Å². The molecule has 0 bridgehead atoms. The van der Waals surface area contributed by atoms with E-state index in [1.54, 1.807) is 18.5 Å². The number of aromatic nitrogens is 2.